The van der Waals surface area contributed by atoms with Crippen LogP contribution < -0.4 is 4.72 Å². The lowest BCUT2D eigenvalue weighted by molar-refractivity contribution is 0.152. The molecule has 0 aliphatic rings. The van der Waals surface area contributed by atoms with Crippen LogP contribution in [0.15, 0.2) is 35.4 Å². The summed E-state index contributed by atoms with van der Waals surface area (Å²) < 4.78 is 27.4. The fourth-order valence-corrected chi connectivity index (χ4v) is 3.62. The standard InChI is InChI=1S/C16H22N2O3S/c1-11(2)7-14(19)10-18-22(20,21)15-6-4-5-13-8-12(3)9-17-16(13)15/h4-6,8-9,11,14,18-19H,7,10H2,1-3H3. The summed E-state index contributed by atoms with van der Waals surface area (Å²) in [7, 11) is -3.70. The number of aliphatic hydroxyl groups is 1. The highest BCUT2D eigenvalue weighted by Gasteiger charge is 2.19. The van der Waals surface area contributed by atoms with Crippen LogP contribution in [0.2, 0.25) is 0 Å². The number of aromatic nitrogens is 1. The zero-order valence-electron chi connectivity index (χ0n) is 13.1. The van der Waals surface area contributed by atoms with Gasteiger partial charge in [-0.05, 0) is 37.0 Å². The molecule has 0 radical (unpaired) electrons. The first-order chi connectivity index (χ1) is 10.3. The van der Waals surface area contributed by atoms with Gasteiger partial charge in [0, 0.05) is 18.1 Å². The van der Waals surface area contributed by atoms with E-state index in [1.807, 2.05) is 32.9 Å². The lowest BCUT2D eigenvalue weighted by atomic mass is 10.1. The molecule has 0 bridgehead atoms. The summed E-state index contributed by atoms with van der Waals surface area (Å²) in [5.41, 5.74) is 1.42. The average molecular weight is 322 g/mol. The number of rotatable bonds is 6. The Balaban J connectivity index is 2.26. The van der Waals surface area contributed by atoms with Crippen molar-refractivity contribution in [3.05, 3.63) is 36.0 Å². The lowest BCUT2D eigenvalue weighted by Gasteiger charge is -2.14. The number of hydrogen-bond acceptors (Lipinski definition) is 4. The minimum absolute atomic E-state index is 0.00274. The second kappa shape index (κ2) is 6.73. The topological polar surface area (TPSA) is 79.3 Å². The van der Waals surface area contributed by atoms with Crippen LogP contribution >= 0.6 is 0 Å². The maximum atomic E-state index is 12.5. The van der Waals surface area contributed by atoms with E-state index in [-0.39, 0.29) is 11.4 Å². The third-order valence-electron chi connectivity index (χ3n) is 3.35. The minimum atomic E-state index is -3.70. The molecule has 5 nitrogen and oxygen atoms in total. The predicted molar refractivity (Wildman–Crippen MR) is 87.1 cm³/mol. The Bertz CT molecular complexity index is 757. The van der Waals surface area contributed by atoms with Crippen molar-refractivity contribution in [1.29, 1.82) is 0 Å². The van der Waals surface area contributed by atoms with Crippen molar-refractivity contribution in [2.24, 2.45) is 5.92 Å². The summed E-state index contributed by atoms with van der Waals surface area (Å²) >= 11 is 0. The van der Waals surface area contributed by atoms with Crippen molar-refractivity contribution in [3.63, 3.8) is 0 Å². The molecule has 0 fully saturated rings. The van der Waals surface area contributed by atoms with Gasteiger partial charge in [-0.2, -0.15) is 0 Å². The van der Waals surface area contributed by atoms with Gasteiger partial charge in [-0.15, -0.1) is 0 Å². The van der Waals surface area contributed by atoms with Crippen LogP contribution in [0.3, 0.4) is 0 Å². The fourth-order valence-electron chi connectivity index (χ4n) is 2.37. The van der Waals surface area contributed by atoms with Crippen molar-refractivity contribution >= 4 is 20.9 Å². The van der Waals surface area contributed by atoms with Gasteiger partial charge in [0.1, 0.15) is 4.90 Å². The van der Waals surface area contributed by atoms with Crippen molar-refractivity contribution in [1.82, 2.24) is 9.71 Å². The Morgan fingerprint density at radius 2 is 2.05 bits per heavy atom. The number of para-hydroxylation sites is 1. The third-order valence-corrected chi connectivity index (χ3v) is 4.81. The molecular formula is C16H22N2O3S. The van der Waals surface area contributed by atoms with Crippen molar-refractivity contribution in [3.8, 4) is 0 Å². The van der Waals surface area contributed by atoms with Gasteiger partial charge in [0.2, 0.25) is 10.0 Å². The molecule has 0 amide bonds. The maximum Gasteiger partial charge on any atom is 0.242 e. The van der Waals surface area contributed by atoms with Crippen molar-refractivity contribution in [2.75, 3.05) is 6.54 Å². The second-order valence-electron chi connectivity index (χ2n) is 5.98. The van der Waals surface area contributed by atoms with Crippen LogP contribution in [0, 0.1) is 12.8 Å². The van der Waals surface area contributed by atoms with E-state index in [1.165, 1.54) is 6.07 Å². The van der Waals surface area contributed by atoms with Crippen LogP contribution in [-0.2, 0) is 10.0 Å². The SMILES string of the molecule is Cc1cnc2c(S(=O)(=O)NCC(O)CC(C)C)cccc2c1. The van der Waals surface area contributed by atoms with Crippen LogP contribution in [0.25, 0.3) is 10.9 Å². The monoisotopic (exact) mass is 322 g/mol. The lowest BCUT2D eigenvalue weighted by Crippen LogP contribution is -2.33. The molecule has 0 aliphatic carbocycles. The number of hydrogen-bond donors (Lipinski definition) is 2. The zero-order chi connectivity index (χ0) is 16.3. The van der Waals surface area contributed by atoms with E-state index in [4.69, 9.17) is 0 Å². The molecule has 2 N–H and O–H groups in total. The third kappa shape index (κ3) is 4.03. The van der Waals surface area contributed by atoms with Gasteiger partial charge in [0.15, 0.2) is 0 Å². The van der Waals surface area contributed by atoms with Gasteiger partial charge < -0.3 is 5.11 Å². The van der Waals surface area contributed by atoms with Crippen molar-refractivity contribution in [2.45, 2.75) is 38.2 Å². The summed E-state index contributed by atoms with van der Waals surface area (Å²) in [4.78, 5) is 4.38. The van der Waals surface area contributed by atoms with E-state index in [9.17, 15) is 13.5 Å². The number of pyridine rings is 1. The molecular weight excluding hydrogens is 300 g/mol. The summed E-state index contributed by atoms with van der Waals surface area (Å²) in [6.45, 7) is 5.88. The number of fused-ring (bicyclic) bond motifs is 1. The molecule has 22 heavy (non-hydrogen) atoms. The molecule has 0 aliphatic heterocycles. The van der Waals surface area contributed by atoms with E-state index >= 15 is 0 Å². The smallest absolute Gasteiger partial charge is 0.242 e. The molecule has 0 saturated heterocycles. The quantitative estimate of drug-likeness (QED) is 0.855. The maximum absolute atomic E-state index is 12.5. The normalized spacial score (nSPS) is 13.7. The molecule has 6 heteroatoms. The van der Waals surface area contributed by atoms with Gasteiger partial charge in [0.25, 0.3) is 0 Å². The highest BCUT2D eigenvalue weighted by atomic mass is 32.2. The Labute approximate surface area is 131 Å². The summed E-state index contributed by atoms with van der Waals surface area (Å²) in [6, 6.07) is 6.96. The van der Waals surface area contributed by atoms with Gasteiger partial charge >= 0.3 is 0 Å². The molecule has 1 aromatic heterocycles. The molecule has 2 rings (SSSR count). The zero-order valence-corrected chi connectivity index (χ0v) is 13.9. The van der Waals surface area contributed by atoms with Crippen LogP contribution in [-0.4, -0.2) is 31.2 Å². The van der Waals surface area contributed by atoms with E-state index in [2.05, 4.69) is 9.71 Å². The Kier molecular flexibility index (Phi) is 5.16. The minimum Gasteiger partial charge on any atom is -0.392 e. The molecule has 1 atom stereocenters. The van der Waals surface area contributed by atoms with Gasteiger partial charge in [0.05, 0.1) is 11.6 Å². The van der Waals surface area contributed by atoms with E-state index in [1.54, 1.807) is 12.3 Å². The van der Waals surface area contributed by atoms with Gasteiger partial charge in [-0.1, -0.05) is 26.0 Å². The first kappa shape index (κ1) is 16.9. The Morgan fingerprint density at radius 3 is 2.73 bits per heavy atom. The van der Waals surface area contributed by atoms with Crippen molar-refractivity contribution < 1.29 is 13.5 Å². The largest absolute Gasteiger partial charge is 0.392 e. The molecule has 1 heterocycles. The molecule has 0 spiro atoms. The van der Waals surface area contributed by atoms with E-state index < -0.39 is 16.1 Å². The molecule has 1 unspecified atom stereocenters. The highest BCUT2D eigenvalue weighted by molar-refractivity contribution is 7.89. The number of aliphatic hydroxyl groups excluding tert-OH is 1. The average Bonchev–Trinajstić information content (AvgIpc) is 2.43. The number of sulfonamides is 1. The first-order valence-electron chi connectivity index (χ1n) is 7.32. The Hall–Kier alpha value is -1.50. The van der Waals surface area contributed by atoms with Crippen LogP contribution in [0.4, 0.5) is 0 Å². The Morgan fingerprint density at radius 1 is 1.32 bits per heavy atom. The number of benzene rings is 1. The second-order valence-corrected chi connectivity index (χ2v) is 7.71. The molecule has 1 aromatic carbocycles. The molecule has 120 valence electrons. The highest BCUT2D eigenvalue weighted by Crippen LogP contribution is 2.21. The molecule has 2 aromatic rings. The fraction of sp³-hybridized carbons (Fsp3) is 0.438. The first-order valence-corrected chi connectivity index (χ1v) is 8.81. The number of nitrogens with zero attached hydrogens (tertiary/aromatic N) is 1. The predicted octanol–water partition coefficient (Wildman–Crippen LogP) is 2.23. The van der Waals surface area contributed by atoms with Gasteiger partial charge in [-0.25, -0.2) is 13.1 Å². The van der Waals surface area contributed by atoms with Gasteiger partial charge in [-0.3, -0.25) is 4.98 Å². The van der Waals surface area contributed by atoms with E-state index in [0.29, 0.717) is 17.9 Å². The van der Waals surface area contributed by atoms with Crippen LogP contribution in [0.5, 0.6) is 0 Å². The summed E-state index contributed by atoms with van der Waals surface area (Å²) in [5, 5.41) is 10.6. The number of aryl methyl sites for hydroxylation is 1. The van der Waals surface area contributed by atoms with E-state index in [0.717, 1.165) is 10.9 Å². The summed E-state index contributed by atoms with van der Waals surface area (Å²) in [6.07, 6.45) is 1.50. The van der Waals surface area contributed by atoms with Crippen LogP contribution in [0.1, 0.15) is 25.8 Å². The number of nitrogens with one attached hydrogen (secondary N) is 1. The summed E-state index contributed by atoms with van der Waals surface area (Å²) in [5.74, 6) is 0.307. The molecule has 0 saturated carbocycles.